The van der Waals surface area contributed by atoms with Gasteiger partial charge in [0.2, 0.25) is 0 Å². The van der Waals surface area contributed by atoms with Gasteiger partial charge in [-0.15, -0.1) is 11.3 Å². The van der Waals surface area contributed by atoms with Crippen LogP contribution in [0.25, 0.3) is 0 Å². The van der Waals surface area contributed by atoms with E-state index < -0.39 is 0 Å². The number of amides is 1. The van der Waals surface area contributed by atoms with E-state index in [-0.39, 0.29) is 5.91 Å². The number of carbonyl (C=O) groups excluding carboxylic acids is 1. The molecule has 1 N–H and O–H groups in total. The van der Waals surface area contributed by atoms with Crippen molar-refractivity contribution >= 4 is 22.9 Å². The Bertz CT molecular complexity index is 785. The van der Waals surface area contributed by atoms with E-state index in [1.807, 2.05) is 31.2 Å². The van der Waals surface area contributed by atoms with Crippen molar-refractivity contribution in [1.29, 1.82) is 0 Å². The molecule has 0 saturated carbocycles. The number of hydrogen-bond acceptors (Lipinski definition) is 5. The average molecular weight is 325 g/mol. The molecule has 6 heteroatoms. The average Bonchev–Trinajstić information content (AvgIpc) is 3.04. The molecule has 3 rings (SSSR count). The number of aryl methyl sites for hydroxylation is 1. The third-order valence-electron chi connectivity index (χ3n) is 3.09. The molecule has 3 aromatic rings. The maximum absolute atomic E-state index is 12.1. The van der Waals surface area contributed by atoms with Gasteiger partial charge in [0.15, 0.2) is 0 Å². The molecule has 0 saturated heterocycles. The zero-order chi connectivity index (χ0) is 16.1. The Morgan fingerprint density at radius 3 is 2.83 bits per heavy atom. The van der Waals surface area contributed by atoms with Gasteiger partial charge in [0.1, 0.15) is 23.1 Å². The van der Waals surface area contributed by atoms with Gasteiger partial charge in [0.05, 0.1) is 11.9 Å². The molecule has 2 aromatic heterocycles. The molecular weight excluding hydrogens is 310 g/mol. The van der Waals surface area contributed by atoms with Crippen LogP contribution in [0.3, 0.4) is 0 Å². The van der Waals surface area contributed by atoms with E-state index >= 15 is 0 Å². The molecule has 1 amide bonds. The van der Waals surface area contributed by atoms with Crippen molar-refractivity contribution < 1.29 is 9.53 Å². The number of ether oxygens (including phenoxy) is 1. The summed E-state index contributed by atoms with van der Waals surface area (Å²) in [6.45, 7) is 2.37. The Hall–Kier alpha value is -2.73. The number of carbonyl (C=O) groups is 1. The van der Waals surface area contributed by atoms with Gasteiger partial charge in [0, 0.05) is 11.6 Å². The minimum Gasteiger partial charge on any atom is -0.486 e. The van der Waals surface area contributed by atoms with Crippen molar-refractivity contribution in [3.8, 4) is 5.75 Å². The van der Waals surface area contributed by atoms with Crippen LogP contribution in [0.15, 0.2) is 54.2 Å². The van der Waals surface area contributed by atoms with E-state index in [1.54, 1.807) is 29.9 Å². The number of aromatic nitrogens is 2. The SMILES string of the molecule is Cc1ccc(OCc2nc(C(=O)Nc3cccnc3)cs2)cc1. The molecule has 0 bridgehead atoms. The first-order valence-corrected chi connectivity index (χ1v) is 7.94. The lowest BCUT2D eigenvalue weighted by Gasteiger charge is -2.04. The van der Waals surface area contributed by atoms with Crippen LogP contribution in [-0.2, 0) is 6.61 Å². The van der Waals surface area contributed by atoms with Crippen LogP contribution < -0.4 is 10.1 Å². The summed E-state index contributed by atoms with van der Waals surface area (Å²) in [5.41, 5.74) is 2.20. The molecule has 1 aromatic carbocycles. The lowest BCUT2D eigenvalue weighted by Crippen LogP contribution is -2.12. The molecule has 0 aliphatic carbocycles. The fourth-order valence-corrected chi connectivity index (χ4v) is 2.58. The fraction of sp³-hybridized carbons (Fsp3) is 0.118. The molecule has 0 radical (unpaired) electrons. The lowest BCUT2D eigenvalue weighted by atomic mass is 10.2. The van der Waals surface area contributed by atoms with Gasteiger partial charge >= 0.3 is 0 Å². The predicted octanol–water partition coefficient (Wildman–Crippen LogP) is 3.68. The molecule has 2 heterocycles. The van der Waals surface area contributed by atoms with Crippen LogP contribution in [0, 0.1) is 6.92 Å². The van der Waals surface area contributed by atoms with Crippen molar-refractivity contribution in [3.63, 3.8) is 0 Å². The molecule has 23 heavy (non-hydrogen) atoms. The fourth-order valence-electron chi connectivity index (χ4n) is 1.89. The van der Waals surface area contributed by atoms with E-state index in [2.05, 4.69) is 15.3 Å². The molecule has 116 valence electrons. The first kappa shape index (κ1) is 15.2. The first-order valence-electron chi connectivity index (χ1n) is 7.06. The summed E-state index contributed by atoms with van der Waals surface area (Å²) >= 11 is 1.40. The molecule has 0 aliphatic rings. The Balaban J connectivity index is 1.59. The number of thiazole rings is 1. The number of rotatable bonds is 5. The highest BCUT2D eigenvalue weighted by molar-refractivity contribution is 7.09. The third-order valence-corrected chi connectivity index (χ3v) is 3.91. The van der Waals surface area contributed by atoms with E-state index in [1.165, 1.54) is 16.9 Å². The maximum atomic E-state index is 12.1. The van der Waals surface area contributed by atoms with Gasteiger partial charge in [-0.25, -0.2) is 4.98 Å². The summed E-state index contributed by atoms with van der Waals surface area (Å²) in [5, 5.41) is 5.23. The van der Waals surface area contributed by atoms with Crippen LogP contribution in [0.1, 0.15) is 21.1 Å². The molecule has 0 fully saturated rings. The molecular formula is C17H15N3O2S. The van der Waals surface area contributed by atoms with E-state index in [4.69, 9.17) is 4.74 Å². The minimum absolute atomic E-state index is 0.254. The zero-order valence-electron chi connectivity index (χ0n) is 12.5. The number of nitrogens with zero attached hydrogens (tertiary/aromatic N) is 2. The number of hydrogen-bond donors (Lipinski definition) is 1. The largest absolute Gasteiger partial charge is 0.486 e. The zero-order valence-corrected chi connectivity index (χ0v) is 13.3. The van der Waals surface area contributed by atoms with Crippen molar-refractivity contribution in [2.24, 2.45) is 0 Å². The van der Waals surface area contributed by atoms with Gasteiger partial charge in [-0.3, -0.25) is 9.78 Å². The van der Waals surface area contributed by atoms with E-state index in [9.17, 15) is 4.79 Å². The van der Waals surface area contributed by atoms with Crippen molar-refractivity contribution in [2.45, 2.75) is 13.5 Å². The van der Waals surface area contributed by atoms with Crippen LogP contribution in [0.5, 0.6) is 5.75 Å². The summed E-state index contributed by atoms with van der Waals surface area (Å²) in [4.78, 5) is 20.4. The summed E-state index contributed by atoms with van der Waals surface area (Å²) < 4.78 is 5.66. The predicted molar refractivity (Wildman–Crippen MR) is 89.8 cm³/mol. The molecule has 5 nitrogen and oxygen atoms in total. The van der Waals surface area contributed by atoms with Crippen molar-refractivity contribution in [3.05, 3.63) is 70.4 Å². The van der Waals surface area contributed by atoms with E-state index in [0.29, 0.717) is 18.0 Å². The Labute approximate surface area is 138 Å². The second-order valence-corrected chi connectivity index (χ2v) is 5.87. The van der Waals surface area contributed by atoms with E-state index in [0.717, 1.165) is 10.8 Å². The second-order valence-electron chi connectivity index (χ2n) is 4.92. The van der Waals surface area contributed by atoms with Gasteiger partial charge < -0.3 is 10.1 Å². The summed E-state index contributed by atoms with van der Waals surface area (Å²) in [5.74, 6) is 0.531. The monoisotopic (exact) mass is 325 g/mol. The maximum Gasteiger partial charge on any atom is 0.275 e. The number of nitrogens with one attached hydrogen (secondary N) is 1. The highest BCUT2D eigenvalue weighted by Gasteiger charge is 2.11. The van der Waals surface area contributed by atoms with Crippen LogP contribution in [-0.4, -0.2) is 15.9 Å². The van der Waals surface area contributed by atoms with Crippen LogP contribution >= 0.6 is 11.3 Å². The standard InChI is InChI=1S/C17H15N3O2S/c1-12-4-6-14(7-5-12)22-10-16-20-15(11-23-16)17(21)19-13-3-2-8-18-9-13/h2-9,11H,10H2,1H3,(H,19,21). The number of benzene rings is 1. The second kappa shape index (κ2) is 7.02. The quantitative estimate of drug-likeness (QED) is 0.777. The Kier molecular flexibility index (Phi) is 4.63. The smallest absolute Gasteiger partial charge is 0.275 e. The Morgan fingerprint density at radius 2 is 2.09 bits per heavy atom. The van der Waals surface area contributed by atoms with Gasteiger partial charge in [-0.1, -0.05) is 17.7 Å². The summed E-state index contributed by atoms with van der Waals surface area (Å²) in [6, 6.07) is 11.3. The normalized spacial score (nSPS) is 10.3. The molecule has 0 aliphatic heterocycles. The number of pyridine rings is 1. The minimum atomic E-state index is -0.254. The highest BCUT2D eigenvalue weighted by Crippen LogP contribution is 2.17. The topological polar surface area (TPSA) is 64.1 Å². The van der Waals surface area contributed by atoms with Crippen LogP contribution in [0.2, 0.25) is 0 Å². The molecule has 0 atom stereocenters. The van der Waals surface area contributed by atoms with Crippen molar-refractivity contribution in [2.75, 3.05) is 5.32 Å². The van der Waals surface area contributed by atoms with Crippen molar-refractivity contribution in [1.82, 2.24) is 9.97 Å². The third kappa shape index (κ3) is 4.14. The van der Waals surface area contributed by atoms with Crippen LogP contribution in [0.4, 0.5) is 5.69 Å². The molecule has 0 spiro atoms. The molecule has 0 unspecified atom stereocenters. The lowest BCUT2D eigenvalue weighted by molar-refractivity contribution is 0.102. The summed E-state index contributed by atoms with van der Waals surface area (Å²) in [7, 11) is 0. The number of anilines is 1. The Morgan fingerprint density at radius 1 is 1.26 bits per heavy atom. The van der Waals surface area contributed by atoms with Gasteiger partial charge in [-0.05, 0) is 31.2 Å². The highest BCUT2D eigenvalue weighted by atomic mass is 32.1. The van der Waals surface area contributed by atoms with Gasteiger partial charge in [0.25, 0.3) is 5.91 Å². The first-order chi connectivity index (χ1) is 11.2. The van der Waals surface area contributed by atoms with Gasteiger partial charge in [-0.2, -0.15) is 0 Å². The summed E-state index contributed by atoms with van der Waals surface area (Å²) in [6.07, 6.45) is 3.24.